The Kier molecular flexibility index (Phi) is 4.97. The third kappa shape index (κ3) is 3.08. The number of aromatic nitrogens is 3. The van der Waals surface area contributed by atoms with E-state index in [-0.39, 0.29) is 5.88 Å². The predicted molar refractivity (Wildman–Crippen MR) is 98.1 cm³/mol. The maximum absolute atomic E-state index is 10.3. The predicted octanol–water partition coefficient (Wildman–Crippen LogP) is 5.45. The lowest BCUT2D eigenvalue weighted by molar-refractivity contribution is 0.442. The topological polar surface area (TPSA) is 50.4 Å². The molecule has 126 valence electrons. The van der Waals surface area contributed by atoms with Crippen LogP contribution in [-0.4, -0.2) is 19.7 Å². The van der Waals surface area contributed by atoms with E-state index in [0.717, 1.165) is 48.1 Å². The Morgan fingerprint density at radius 1 is 1.21 bits per heavy atom. The fourth-order valence-electron chi connectivity index (χ4n) is 2.89. The van der Waals surface area contributed by atoms with Crippen molar-refractivity contribution < 1.29 is 5.11 Å². The molecule has 1 aromatic carbocycles. The smallest absolute Gasteiger partial charge is 0.236 e. The Morgan fingerprint density at radius 2 is 2.00 bits per heavy atom. The Balaban J connectivity index is 2.18. The molecule has 0 aliphatic rings. The zero-order chi connectivity index (χ0) is 17.3. The maximum Gasteiger partial charge on any atom is 0.236 e. The van der Waals surface area contributed by atoms with Crippen molar-refractivity contribution in [3.8, 4) is 17.1 Å². The highest BCUT2D eigenvalue weighted by Crippen LogP contribution is 2.34. The average molecular weight is 364 g/mol. The summed E-state index contributed by atoms with van der Waals surface area (Å²) in [5, 5.41) is 15.7. The number of halogens is 2. The number of unbranched alkanes of at least 4 members (excludes halogenated alkanes) is 2. The van der Waals surface area contributed by atoms with Crippen LogP contribution >= 0.6 is 23.2 Å². The maximum atomic E-state index is 10.3. The molecule has 3 aromatic rings. The summed E-state index contributed by atoms with van der Waals surface area (Å²) in [6.45, 7) is 4.10. The molecule has 2 aromatic heterocycles. The molecular formula is C18H19Cl2N3O. The van der Waals surface area contributed by atoms with Crippen LogP contribution < -0.4 is 0 Å². The van der Waals surface area contributed by atoms with Gasteiger partial charge in [-0.1, -0.05) is 43.0 Å². The molecule has 0 saturated heterocycles. The fourth-order valence-corrected chi connectivity index (χ4v) is 3.39. The van der Waals surface area contributed by atoms with Crippen LogP contribution in [0.25, 0.3) is 16.9 Å². The molecule has 0 aliphatic heterocycles. The highest BCUT2D eigenvalue weighted by atomic mass is 35.5. The van der Waals surface area contributed by atoms with Gasteiger partial charge in [0, 0.05) is 16.8 Å². The highest BCUT2D eigenvalue weighted by molar-refractivity contribution is 6.36. The van der Waals surface area contributed by atoms with Crippen molar-refractivity contribution in [2.45, 2.75) is 39.5 Å². The molecule has 0 saturated carbocycles. The average Bonchev–Trinajstić information content (AvgIpc) is 2.85. The zero-order valence-electron chi connectivity index (χ0n) is 13.7. The van der Waals surface area contributed by atoms with Crippen LogP contribution in [0.1, 0.15) is 37.3 Å². The number of benzene rings is 1. The lowest BCUT2D eigenvalue weighted by Crippen LogP contribution is -2.00. The van der Waals surface area contributed by atoms with E-state index < -0.39 is 0 Å². The van der Waals surface area contributed by atoms with Crippen LogP contribution in [0.15, 0.2) is 24.4 Å². The summed E-state index contributed by atoms with van der Waals surface area (Å²) in [6.07, 6.45) is 5.78. The second kappa shape index (κ2) is 6.99. The lowest BCUT2D eigenvalue weighted by Gasteiger charge is -2.10. The summed E-state index contributed by atoms with van der Waals surface area (Å²) in [5.74, 6) is 0.0375. The molecule has 2 heterocycles. The van der Waals surface area contributed by atoms with Gasteiger partial charge in [0.25, 0.3) is 0 Å². The van der Waals surface area contributed by atoms with E-state index in [0.29, 0.717) is 15.7 Å². The number of fused-ring (bicyclic) bond motifs is 1. The molecule has 0 atom stereocenters. The van der Waals surface area contributed by atoms with Crippen molar-refractivity contribution in [3.63, 3.8) is 0 Å². The third-order valence-corrected chi connectivity index (χ3v) is 4.67. The van der Waals surface area contributed by atoms with E-state index >= 15 is 0 Å². The van der Waals surface area contributed by atoms with Gasteiger partial charge >= 0.3 is 0 Å². The summed E-state index contributed by atoms with van der Waals surface area (Å²) in [7, 11) is 0. The molecule has 24 heavy (non-hydrogen) atoms. The minimum Gasteiger partial charge on any atom is -0.492 e. The van der Waals surface area contributed by atoms with Gasteiger partial charge in [0.1, 0.15) is 0 Å². The quantitative estimate of drug-likeness (QED) is 0.613. The first-order chi connectivity index (χ1) is 11.5. The minimum absolute atomic E-state index is 0.0375. The van der Waals surface area contributed by atoms with Gasteiger partial charge in [0.05, 0.1) is 16.3 Å². The highest BCUT2D eigenvalue weighted by Gasteiger charge is 2.19. The number of hydrogen-bond acceptors (Lipinski definition) is 3. The molecular weight excluding hydrogens is 345 g/mol. The Bertz CT molecular complexity index is 890. The van der Waals surface area contributed by atoms with Gasteiger partial charge in [-0.3, -0.25) is 0 Å². The first kappa shape index (κ1) is 17.1. The molecule has 0 fully saturated rings. The number of nitrogens with zero attached hydrogens (tertiary/aromatic N) is 3. The van der Waals surface area contributed by atoms with Gasteiger partial charge in [-0.25, -0.2) is 9.50 Å². The first-order valence-electron chi connectivity index (χ1n) is 8.04. The summed E-state index contributed by atoms with van der Waals surface area (Å²) < 4.78 is 1.68. The summed E-state index contributed by atoms with van der Waals surface area (Å²) in [6, 6.07) is 5.36. The van der Waals surface area contributed by atoms with Crippen molar-refractivity contribution in [2.75, 3.05) is 0 Å². The molecule has 6 heteroatoms. The van der Waals surface area contributed by atoms with Crippen molar-refractivity contribution in [2.24, 2.45) is 0 Å². The van der Waals surface area contributed by atoms with Crippen molar-refractivity contribution in [1.82, 2.24) is 14.6 Å². The van der Waals surface area contributed by atoms with Crippen LogP contribution in [0.4, 0.5) is 0 Å². The number of hydrogen-bond donors (Lipinski definition) is 1. The molecule has 0 aliphatic carbocycles. The second-order valence-electron chi connectivity index (χ2n) is 5.91. The third-order valence-electron chi connectivity index (χ3n) is 4.12. The SMILES string of the molecule is CCCCCc1c(O)nn2c(-c3ccc(Cl)cc3Cl)c(C)cnc12. The Morgan fingerprint density at radius 3 is 2.71 bits per heavy atom. The van der Waals surface area contributed by atoms with E-state index in [1.165, 1.54) is 0 Å². The van der Waals surface area contributed by atoms with E-state index in [4.69, 9.17) is 23.2 Å². The van der Waals surface area contributed by atoms with Gasteiger partial charge in [-0.15, -0.1) is 5.10 Å². The Hall–Kier alpha value is -1.78. The summed E-state index contributed by atoms with van der Waals surface area (Å²) in [5.41, 5.74) is 4.02. The fraction of sp³-hybridized carbons (Fsp3) is 0.333. The molecule has 0 spiro atoms. The van der Waals surface area contributed by atoms with E-state index in [1.807, 2.05) is 13.0 Å². The van der Waals surface area contributed by atoms with E-state index in [1.54, 1.807) is 22.8 Å². The van der Waals surface area contributed by atoms with Crippen LogP contribution in [-0.2, 0) is 6.42 Å². The number of rotatable bonds is 5. The normalized spacial score (nSPS) is 11.3. The summed E-state index contributed by atoms with van der Waals surface area (Å²) in [4.78, 5) is 4.48. The second-order valence-corrected chi connectivity index (χ2v) is 6.75. The van der Waals surface area contributed by atoms with Crippen LogP contribution in [0.5, 0.6) is 5.88 Å². The van der Waals surface area contributed by atoms with Crippen molar-refractivity contribution in [1.29, 1.82) is 0 Å². The molecule has 0 amide bonds. The van der Waals surface area contributed by atoms with Crippen molar-refractivity contribution >= 4 is 28.8 Å². The van der Waals surface area contributed by atoms with Crippen LogP contribution in [0, 0.1) is 6.92 Å². The summed E-state index contributed by atoms with van der Waals surface area (Å²) >= 11 is 12.4. The molecule has 4 nitrogen and oxygen atoms in total. The molecule has 1 N–H and O–H groups in total. The van der Waals surface area contributed by atoms with Crippen LogP contribution in [0.2, 0.25) is 10.0 Å². The molecule has 3 rings (SSSR count). The van der Waals surface area contributed by atoms with Crippen LogP contribution in [0.3, 0.4) is 0 Å². The Labute approximate surface area is 151 Å². The molecule has 0 bridgehead atoms. The van der Waals surface area contributed by atoms with E-state index in [9.17, 15) is 5.11 Å². The zero-order valence-corrected chi connectivity index (χ0v) is 15.2. The lowest BCUT2D eigenvalue weighted by atomic mass is 10.1. The van der Waals surface area contributed by atoms with Crippen molar-refractivity contribution in [3.05, 3.63) is 45.6 Å². The number of aryl methyl sites for hydroxylation is 2. The van der Waals surface area contributed by atoms with Gasteiger partial charge in [0.2, 0.25) is 5.88 Å². The monoisotopic (exact) mass is 363 g/mol. The minimum atomic E-state index is 0.0375. The largest absolute Gasteiger partial charge is 0.492 e. The first-order valence-corrected chi connectivity index (χ1v) is 8.80. The molecule has 0 radical (unpaired) electrons. The van der Waals surface area contributed by atoms with Gasteiger partial charge in [-0.05, 0) is 43.5 Å². The van der Waals surface area contributed by atoms with Gasteiger partial charge in [-0.2, -0.15) is 0 Å². The van der Waals surface area contributed by atoms with Gasteiger partial charge < -0.3 is 5.11 Å². The standard InChI is InChI=1S/C18H19Cl2N3O/c1-3-4-5-6-14-17-21-10-11(2)16(23(17)22-18(14)24)13-8-7-12(19)9-15(13)20/h7-10H,3-6H2,1-2H3,(H,22,24). The van der Waals surface area contributed by atoms with Gasteiger partial charge in [0.15, 0.2) is 5.65 Å². The molecule has 0 unspecified atom stereocenters. The number of aromatic hydroxyl groups is 1. The van der Waals surface area contributed by atoms with E-state index in [2.05, 4.69) is 17.0 Å².